The summed E-state index contributed by atoms with van der Waals surface area (Å²) in [7, 11) is 0. The van der Waals surface area contributed by atoms with Crippen molar-refractivity contribution in [3.8, 4) is 0 Å². The van der Waals surface area contributed by atoms with Crippen LogP contribution in [0.15, 0.2) is 42.6 Å². The molecule has 1 fully saturated rings. The summed E-state index contributed by atoms with van der Waals surface area (Å²) in [6.45, 7) is 3.27. The smallest absolute Gasteiger partial charge is 0.287 e. The highest BCUT2D eigenvalue weighted by molar-refractivity contribution is 5.95. The number of aromatic nitrogens is 1. The van der Waals surface area contributed by atoms with E-state index in [1.165, 1.54) is 17.8 Å². The fourth-order valence-electron chi connectivity index (χ4n) is 3.93. The van der Waals surface area contributed by atoms with Crippen LogP contribution < -0.4 is 10.2 Å². The minimum atomic E-state index is -0.455. The molecule has 2 aromatic rings. The number of anilines is 2. The van der Waals surface area contributed by atoms with Crippen molar-refractivity contribution in [2.75, 3.05) is 36.4 Å². The van der Waals surface area contributed by atoms with Gasteiger partial charge in [0.15, 0.2) is 0 Å². The van der Waals surface area contributed by atoms with E-state index in [0.717, 1.165) is 44.7 Å². The van der Waals surface area contributed by atoms with Gasteiger partial charge in [-0.1, -0.05) is 18.2 Å². The van der Waals surface area contributed by atoms with Gasteiger partial charge in [-0.25, -0.2) is 4.98 Å². The van der Waals surface area contributed by atoms with Gasteiger partial charge in [-0.15, -0.1) is 0 Å². The molecule has 0 saturated carbocycles. The van der Waals surface area contributed by atoms with Crippen molar-refractivity contribution in [3.05, 3.63) is 58.3 Å². The van der Waals surface area contributed by atoms with E-state index in [-0.39, 0.29) is 17.6 Å². The largest absolute Gasteiger partial charge is 0.366 e. The highest BCUT2D eigenvalue weighted by Crippen LogP contribution is 2.28. The van der Waals surface area contributed by atoms with E-state index in [1.807, 2.05) is 23.1 Å². The number of hydrogen-bond acceptors (Lipinski definition) is 6. The minimum absolute atomic E-state index is 0.0133. The molecule has 146 valence electrons. The van der Waals surface area contributed by atoms with Crippen LogP contribution in [0.5, 0.6) is 0 Å². The maximum Gasteiger partial charge on any atom is 0.287 e. The van der Waals surface area contributed by atoms with Crippen LogP contribution in [0, 0.1) is 10.1 Å². The van der Waals surface area contributed by atoms with Crippen LogP contribution in [0.2, 0.25) is 0 Å². The summed E-state index contributed by atoms with van der Waals surface area (Å²) in [5.74, 6) is 0.820. The molecule has 1 unspecified atom stereocenters. The number of carbonyl (C=O) groups is 1. The number of para-hydroxylation sites is 1. The molecule has 3 heterocycles. The molecule has 2 aliphatic heterocycles. The van der Waals surface area contributed by atoms with Gasteiger partial charge in [-0.3, -0.25) is 14.9 Å². The molecule has 4 rings (SSSR count). The van der Waals surface area contributed by atoms with Crippen molar-refractivity contribution in [1.82, 2.24) is 9.88 Å². The number of likely N-dealkylation sites (tertiary alicyclic amines) is 1. The van der Waals surface area contributed by atoms with Crippen LogP contribution in [0.25, 0.3) is 0 Å². The van der Waals surface area contributed by atoms with Crippen molar-refractivity contribution in [1.29, 1.82) is 0 Å². The van der Waals surface area contributed by atoms with Gasteiger partial charge >= 0.3 is 0 Å². The number of rotatable bonds is 6. The van der Waals surface area contributed by atoms with Crippen molar-refractivity contribution < 1.29 is 9.72 Å². The van der Waals surface area contributed by atoms with Crippen LogP contribution in [-0.4, -0.2) is 52.9 Å². The Morgan fingerprint density at radius 1 is 1.25 bits per heavy atom. The maximum absolute atomic E-state index is 12.6. The summed E-state index contributed by atoms with van der Waals surface area (Å²) in [5.41, 5.74) is 2.29. The van der Waals surface area contributed by atoms with Gasteiger partial charge in [-0.05, 0) is 30.5 Å². The second-order valence-corrected chi connectivity index (χ2v) is 7.26. The number of hydrogen-bond donors (Lipinski definition) is 1. The monoisotopic (exact) mass is 381 g/mol. The molecule has 0 radical (unpaired) electrons. The first-order valence-electron chi connectivity index (χ1n) is 9.58. The third kappa shape index (κ3) is 3.96. The minimum Gasteiger partial charge on any atom is -0.366 e. The van der Waals surface area contributed by atoms with E-state index in [2.05, 4.69) is 21.3 Å². The van der Waals surface area contributed by atoms with Crippen LogP contribution in [0.3, 0.4) is 0 Å². The molecule has 28 heavy (non-hydrogen) atoms. The summed E-state index contributed by atoms with van der Waals surface area (Å²) >= 11 is 0. The number of nitrogens with one attached hydrogen (secondary N) is 1. The number of carbonyl (C=O) groups excluding carboxylic acids is 1. The zero-order valence-corrected chi connectivity index (χ0v) is 15.6. The van der Waals surface area contributed by atoms with E-state index in [1.54, 1.807) is 6.07 Å². The van der Waals surface area contributed by atoms with Gasteiger partial charge in [0.2, 0.25) is 5.91 Å². The van der Waals surface area contributed by atoms with E-state index in [4.69, 9.17) is 0 Å². The third-order valence-corrected chi connectivity index (χ3v) is 5.41. The molecule has 0 aliphatic carbocycles. The summed E-state index contributed by atoms with van der Waals surface area (Å²) in [5, 5.41) is 14.0. The number of fused-ring (bicyclic) bond motifs is 1. The van der Waals surface area contributed by atoms with Crippen LogP contribution >= 0.6 is 0 Å². The fraction of sp³-hybridized carbons (Fsp3) is 0.400. The van der Waals surface area contributed by atoms with Crippen molar-refractivity contribution in [3.63, 3.8) is 0 Å². The van der Waals surface area contributed by atoms with E-state index < -0.39 is 4.92 Å². The molecule has 1 aromatic carbocycles. The molecule has 2 aliphatic rings. The van der Waals surface area contributed by atoms with Gasteiger partial charge in [0.1, 0.15) is 12.0 Å². The zero-order chi connectivity index (χ0) is 19.5. The molecule has 0 bridgehead atoms. The molecule has 1 N–H and O–H groups in total. The number of nitro groups is 1. The lowest BCUT2D eigenvalue weighted by molar-refractivity contribution is -0.385. The predicted molar refractivity (Wildman–Crippen MR) is 106 cm³/mol. The van der Waals surface area contributed by atoms with Crippen LogP contribution in [-0.2, 0) is 11.2 Å². The lowest BCUT2D eigenvalue weighted by Crippen LogP contribution is -2.33. The SMILES string of the molecule is O=C(CCN1CCC(Nc2ccc([N+](=O)[O-])cn2)C1)N1CCc2ccccc21. The molecule has 1 atom stereocenters. The molecular formula is C20H23N5O3. The lowest BCUT2D eigenvalue weighted by atomic mass is 10.2. The number of amides is 1. The summed E-state index contributed by atoms with van der Waals surface area (Å²) < 4.78 is 0. The van der Waals surface area contributed by atoms with Crippen molar-refractivity contribution >= 4 is 23.1 Å². The first-order valence-corrected chi connectivity index (χ1v) is 9.58. The van der Waals surface area contributed by atoms with E-state index >= 15 is 0 Å². The molecule has 1 saturated heterocycles. The second-order valence-electron chi connectivity index (χ2n) is 7.26. The first-order chi connectivity index (χ1) is 13.6. The summed E-state index contributed by atoms with van der Waals surface area (Å²) in [6.07, 6.45) is 3.66. The molecule has 8 nitrogen and oxygen atoms in total. The maximum atomic E-state index is 12.6. The quantitative estimate of drug-likeness (QED) is 0.610. The number of pyridine rings is 1. The predicted octanol–water partition coefficient (Wildman–Crippen LogP) is 2.46. The van der Waals surface area contributed by atoms with Gasteiger partial charge in [0.25, 0.3) is 5.69 Å². The topological polar surface area (TPSA) is 91.6 Å². The van der Waals surface area contributed by atoms with Gasteiger partial charge < -0.3 is 15.1 Å². The van der Waals surface area contributed by atoms with Crippen molar-refractivity contribution in [2.45, 2.75) is 25.3 Å². The van der Waals surface area contributed by atoms with Gasteiger partial charge in [0.05, 0.1) is 4.92 Å². The number of benzene rings is 1. The Balaban J connectivity index is 1.25. The highest BCUT2D eigenvalue weighted by Gasteiger charge is 2.26. The molecule has 1 aromatic heterocycles. The average Bonchev–Trinajstić information content (AvgIpc) is 3.33. The fourth-order valence-corrected chi connectivity index (χ4v) is 3.93. The molecular weight excluding hydrogens is 358 g/mol. The molecule has 8 heteroatoms. The zero-order valence-electron chi connectivity index (χ0n) is 15.6. The normalized spacial score (nSPS) is 18.9. The standard InChI is InChI=1S/C20H23N5O3/c26-20(24-12-7-15-3-1-2-4-18(15)24)9-11-23-10-8-16(14-23)22-19-6-5-17(13-21-19)25(27)28/h1-6,13,16H,7-12,14H2,(H,21,22). The third-order valence-electron chi connectivity index (χ3n) is 5.41. The van der Waals surface area contributed by atoms with Crippen LogP contribution in [0.1, 0.15) is 18.4 Å². The summed E-state index contributed by atoms with van der Waals surface area (Å²) in [6, 6.07) is 11.4. The molecule has 1 amide bonds. The second kappa shape index (κ2) is 7.93. The molecule has 0 spiro atoms. The first kappa shape index (κ1) is 18.4. The summed E-state index contributed by atoms with van der Waals surface area (Å²) in [4.78, 5) is 31.2. The van der Waals surface area contributed by atoms with E-state index in [9.17, 15) is 14.9 Å². The Labute approximate surface area is 163 Å². The van der Waals surface area contributed by atoms with Crippen LogP contribution in [0.4, 0.5) is 17.2 Å². The van der Waals surface area contributed by atoms with Crippen molar-refractivity contribution in [2.24, 2.45) is 0 Å². The van der Waals surface area contributed by atoms with E-state index in [0.29, 0.717) is 12.2 Å². The van der Waals surface area contributed by atoms with Gasteiger partial charge in [-0.2, -0.15) is 0 Å². The Morgan fingerprint density at radius 2 is 2.11 bits per heavy atom. The van der Waals surface area contributed by atoms with Gasteiger partial charge in [0, 0.05) is 50.4 Å². The lowest BCUT2D eigenvalue weighted by Gasteiger charge is -2.20. The Kier molecular flexibility index (Phi) is 5.21. The number of nitrogens with zero attached hydrogens (tertiary/aromatic N) is 4. The highest BCUT2D eigenvalue weighted by atomic mass is 16.6. The Hall–Kier alpha value is -3.00. The Bertz CT molecular complexity index is 870. The average molecular weight is 381 g/mol. The Morgan fingerprint density at radius 3 is 2.89 bits per heavy atom.